The van der Waals surface area contributed by atoms with Crippen LogP contribution in [-0.2, 0) is 0 Å². The van der Waals surface area contributed by atoms with Gasteiger partial charge in [0.25, 0.3) is 0 Å². The number of allylic oxidation sites excluding steroid dienone is 1. The molecule has 0 saturated carbocycles. The number of halogens is 4. The van der Waals surface area contributed by atoms with E-state index in [0.29, 0.717) is 11.1 Å². The van der Waals surface area contributed by atoms with Crippen LogP contribution in [0.4, 0.5) is 0 Å². The standard InChI is InChI=1S/C15H20Cl2N2.2ClH/c1-2-3-4-15(19-9-7-18-8-10-19)13-6-5-12(16)11-14(13)17;;/h2,5-6,11,15,18H,1,3-4,7-10H2;2*1H/t15-;;/m1../s1. The third-order valence-electron chi connectivity index (χ3n) is 3.56. The molecule has 2 nitrogen and oxygen atoms in total. The van der Waals surface area contributed by atoms with Crippen molar-refractivity contribution < 1.29 is 0 Å². The minimum atomic E-state index is 0. The van der Waals surface area contributed by atoms with Crippen LogP contribution in [0.2, 0.25) is 10.0 Å². The van der Waals surface area contributed by atoms with Crippen molar-refractivity contribution >= 4 is 48.0 Å². The Bertz CT molecular complexity index is 434. The summed E-state index contributed by atoms with van der Waals surface area (Å²) in [5.41, 5.74) is 1.18. The lowest BCUT2D eigenvalue weighted by Crippen LogP contribution is -2.45. The molecule has 120 valence electrons. The summed E-state index contributed by atoms with van der Waals surface area (Å²) in [7, 11) is 0. The monoisotopic (exact) mass is 370 g/mol. The van der Waals surface area contributed by atoms with Gasteiger partial charge in [-0.1, -0.05) is 35.3 Å². The van der Waals surface area contributed by atoms with Crippen molar-refractivity contribution in [2.75, 3.05) is 26.2 Å². The maximum absolute atomic E-state index is 6.37. The molecule has 0 aromatic heterocycles. The first-order valence-electron chi connectivity index (χ1n) is 6.73. The zero-order valence-electron chi connectivity index (χ0n) is 11.9. The summed E-state index contributed by atoms with van der Waals surface area (Å²) in [4.78, 5) is 2.50. The molecule has 1 saturated heterocycles. The minimum absolute atomic E-state index is 0. The van der Waals surface area contributed by atoms with Gasteiger partial charge in [-0.3, -0.25) is 4.90 Å². The Morgan fingerprint density at radius 3 is 2.48 bits per heavy atom. The number of hydrogen-bond donors (Lipinski definition) is 1. The largest absolute Gasteiger partial charge is 0.314 e. The second kappa shape index (κ2) is 10.7. The number of nitrogens with zero attached hydrogens (tertiary/aromatic N) is 1. The molecule has 1 aliphatic rings. The summed E-state index contributed by atoms with van der Waals surface area (Å²) in [5.74, 6) is 0. The summed E-state index contributed by atoms with van der Waals surface area (Å²) in [6.45, 7) is 8.01. The topological polar surface area (TPSA) is 15.3 Å². The van der Waals surface area contributed by atoms with E-state index in [4.69, 9.17) is 23.2 Å². The van der Waals surface area contributed by atoms with Gasteiger partial charge in [0.05, 0.1) is 0 Å². The second-order valence-corrected chi connectivity index (χ2v) is 5.68. The van der Waals surface area contributed by atoms with Crippen LogP contribution in [0, 0.1) is 0 Å². The summed E-state index contributed by atoms with van der Waals surface area (Å²) < 4.78 is 0. The van der Waals surface area contributed by atoms with E-state index < -0.39 is 0 Å². The molecule has 2 rings (SSSR count). The van der Waals surface area contributed by atoms with Crippen molar-refractivity contribution in [2.45, 2.75) is 18.9 Å². The van der Waals surface area contributed by atoms with E-state index in [0.717, 1.165) is 44.0 Å². The highest BCUT2D eigenvalue weighted by Gasteiger charge is 2.23. The normalized spacial score (nSPS) is 16.5. The van der Waals surface area contributed by atoms with E-state index in [1.165, 1.54) is 5.56 Å². The molecule has 1 heterocycles. The van der Waals surface area contributed by atoms with Crippen molar-refractivity contribution in [3.63, 3.8) is 0 Å². The molecule has 0 spiro atoms. The molecule has 0 unspecified atom stereocenters. The molecule has 1 atom stereocenters. The quantitative estimate of drug-likeness (QED) is 0.751. The Labute approximate surface area is 149 Å². The Morgan fingerprint density at radius 2 is 1.90 bits per heavy atom. The highest BCUT2D eigenvalue weighted by Crippen LogP contribution is 2.33. The molecule has 0 amide bonds. The first-order chi connectivity index (χ1) is 9.22. The molecule has 0 radical (unpaired) electrons. The smallest absolute Gasteiger partial charge is 0.0468 e. The third kappa shape index (κ3) is 5.97. The molecule has 21 heavy (non-hydrogen) atoms. The Balaban J connectivity index is 0.00000200. The van der Waals surface area contributed by atoms with Crippen LogP contribution in [0.1, 0.15) is 24.4 Å². The summed E-state index contributed by atoms with van der Waals surface area (Å²) in [6, 6.07) is 6.17. The molecule has 1 aromatic carbocycles. The Hall–Kier alpha value is 0.0400. The number of nitrogens with one attached hydrogen (secondary N) is 1. The summed E-state index contributed by atoms with van der Waals surface area (Å²) in [5, 5.41) is 4.84. The van der Waals surface area contributed by atoms with E-state index in [1.54, 1.807) is 0 Å². The van der Waals surface area contributed by atoms with Gasteiger partial charge in [0.2, 0.25) is 0 Å². The lowest BCUT2D eigenvalue weighted by molar-refractivity contribution is 0.166. The van der Waals surface area contributed by atoms with Gasteiger partial charge < -0.3 is 5.32 Å². The number of hydrogen-bond acceptors (Lipinski definition) is 2. The summed E-state index contributed by atoms with van der Waals surface area (Å²) >= 11 is 12.4. The van der Waals surface area contributed by atoms with Crippen molar-refractivity contribution in [1.29, 1.82) is 0 Å². The fraction of sp³-hybridized carbons (Fsp3) is 0.467. The molecular formula is C15H22Cl4N2. The first kappa shape index (κ1) is 21.0. The SMILES string of the molecule is C=CCC[C@H](c1ccc(Cl)cc1Cl)N1CCNCC1.Cl.Cl. The zero-order valence-corrected chi connectivity index (χ0v) is 15.0. The van der Waals surface area contributed by atoms with Gasteiger partial charge in [0.1, 0.15) is 0 Å². The van der Waals surface area contributed by atoms with Crippen LogP contribution in [0.15, 0.2) is 30.9 Å². The average molecular weight is 372 g/mol. The molecule has 0 bridgehead atoms. The number of rotatable bonds is 5. The fourth-order valence-electron chi connectivity index (χ4n) is 2.58. The lowest BCUT2D eigenvalue weighted by Gasteiger charge is -2.35. The second-order valence-electron chi connectivity index (χ2n) is 4.83. The van der Waals surface area contributed by atoms with Gasteiger partial charge in [-0.25, -0.2) is 0 Å². The first-order valence-corrected chi connectivity index (χ1v) is 7.48. The molecular weight excluding hydrogens is 350 g/mol. The van der Waals surface area contributed by atoms with Gasteiger partial charge in [0, 0.05) is 42.3 Å². The molecule has 1 N–H and O–H groups in total. The van der Waals surface area contributed by atoms with Crippen LogP contribution in [0.5, 0.6) is 0 Å². The minimum Gasteiger partial charge on any atom is -0.314 e. The average Bonchev–Trinajstić information content (AvgIpc) is 2.42. The Kier molecular flexibility index (Phi) is 10.7. The van der Waals surface area contributed by atoms with Gasteiger partial charge in [-0.05, 0) is 30.5 Å². The molecule has 6 heteroatoms. The molecule has 1 aliphatic heterocycles. The highest BCUT2D eigenvalue weighted by atomic mass is 35.5. The van der Waals surface area contributed by atoms with Gasteiger partial charge >= 0.3 is 0 Å². The van der Waals surface area contributed by atoms with Gasteiger partial charge in [-0.15, -0.1) is 31.4 Å². The zero-order chi connectivity index (χ0) is 13.7. The highest BCUT2D eigenvalue weighted by molar-refractivity contribution is 6.35. The predicted molar refractivity (Wildman–Crippen MR) is 97.6 cm³/mol. The van der Waals surface area contributed by atoms with Crippen LogP contribution in [0.3, 0.4) is 0 Å². The van der Waals surface area contributed by atoms with Crippen molar-refractivity contribution in [3.05, 3.63) is 46.5 Å². The summed E-state index contributed by atoms with van der Waals surface area (Å²) in [6.07, 6.45) is 4.01. The van der Waals surface area contributed by atoms with Crippen LogP contribution in [-0.4, -0.2) is 31.1 Å². The maximum atomic E-state index is 6.37. The number of piperazine rings is 1. The lowest BCUT2D eigenvalue weighted by atomic mass is 9.99. The number of benzene rings is 1. The van der Waals surface area contributed by atoms with E-state index in [9.17, 15) is 0 Å². The van der Waals surface area contributed by atoms with Crippen LogP contribution < -0.4 is 5.32 Å². The fourth-order valence-corrected chi connectivity index (χ4v) is 3.11. The van der Waals surface area contributed by atoms with E-state index in [1.807, 2.05) is 18.2 Å². The van der Waals surface area contributed by atoms with Crippen LogP contribution >= 0.6 is 48.0 Å². The van der Waals surface area contributed by atoms with Crippen molar-refractivity contribution in [1.82, 2.24) is 10.2 Å². The van der Waals surface area contributed by atoms with Crippen molar-refractivity contribution in [2.24, 2.45) is 0 Å². The van der Waals surface area contributed by atoms with Gasteiger partial charge in [0.15, 0.2) is 0 Å². The predicted octanol–water partition coefficient (Wildman–Crippen LogP) is 4.75. The third-order valence-corrected chi connectivity index (χ3v) is 4.12. The van der Waals surface area contributed by atoms with E-state index >= 15 is 0 Å². The van der Waals surface area contributed by atoms with Gasteiger partial charge in [-0.2, -0.15) is 0 Å². The molecule has 1 fully saturated rings. The maximum Gasteiger partial charge on any atom is 0.0468 e. The van der Waals surface area contributed by atoms with Crippen molar-refractivity contribution in [3.8, 4) is 0 Å². The van der Waals surface area contributed by atoms with E-state index in [-0.39, 0.29) is 24.8 Å². The molecule has 1 aromatic rings. The van der Waals surface area contributed by atoms with Crippen LogP contribution in [0.25, 0.3) is 0 Å². The van der Waals surface area contributed by atoms with E-state index in [2.05, 4.69) is 22.9 Å². The molecule has 0 aliphatic carbocycles. The Morgan fingerprint density at radius 1 is 1.24 bits per heavy atom.